The first kappa shape index (κ1) is 38.4. The lowest BCUT2D eigenvalue weighted by molar-refractivity contribution is -0.150. The van der Waals surface area contributed by atoms with Crippen LogP contribution in [0.1, 0.15) is 108 Å². The predicted molar refractivity (Wildman–Crippen MR) is 174 cm³/mol. The summed E-state index contributed by atoms with van der Waals surface area (Å²) in [5, 5.41) is 36.5. The Kier molecular flexibility index (Phi) is 16.8. The summed E-state index contributed by atoms with van der Waals surface area (Å²) < 4.78 is 10.8. The van der Waals surface area contributed by atoms with Crippen molar-refractivity contribution >= 4 is 17.8 Å². The van der Waals surface area contributed by atoms with Crippen molar-refractivity contribution in [3.8, 4) is 0 Å². The van der Waals surface area contributed by atoms with Gasteiger partial charge in [0.15, 0.2) is 6.10 Å². The van der Waals surface area contributed by atoms with Crippen LogP contribution in [0.2, 0.25) is 0 Å². The van der Waals surface area contributed by atoms with Gasteiger partial charge < -0.3 is 35.4 Å². The van der Waals surface area contributed by atoms with Gasteiger partial charge in [0.25, 0.3) is 5.91 Å². The van der Waals surface area contributed by atoms with Crippen LogP contribution >= 0.6 is 0 Å². The molecule has 1 heterocycles. The van der Waals surface area contributed by atoms with Crippen LogP contribution in [-0.4, -0.2) is 83.3 Å². The van der Waals surface area contributed by atoms with Crippen molar-refractivity contribution in [2.45, 2.75) is 135 Å². The van der Waals surface area contributed by atoms with Crippen molar-refractivity contribution in [2.75, 3.05) is 13.7 Å². The number of esters is 1. The molecule has 5 N–H and O–H groups in total. The van der Waals surface area contributed by atoms with Gasteiger partial charge in [0.05, 0.1) is 12.1 Å². The Morgan fingerprint density at radius 2 is 1.60 bits per heavy atom. The summed E-state index contributed by atoms with van der Waals surface area (Å²) in [7, 11) is 1.18. The first-order valence-corrected chi connectivity index (χ1v) is 16.5. The maximum absolute atomic E-state index is 12.9. The number of allylic oxidation sites excluding steroid dienone is 1. The Labute approximate surface area is 269 Å². The summed E-state index contributed by atoms with van der Waals surface area (Å²) in [5.74, 6) is -1.77. The molecular formula is C35H56N2O8. The maximum atomic E-state index is 12.9. The van der Waals surface area contributed by atoms with Gasteiger partial charge in [-0.1, -0.05) is 96.9 Å². The standard InChI is InChI=1S/C35H56N2O8/c1-6-7-8-9-10-11-12-13-14-24-15-17-25(18-16-24)34(43)45-26-19-20-27(32(41)36-23-26)37-33(42)31(44-5)30(40)29(39)28(38)21-22-35(2,3)4/h15-18,21-22,26-31,38-40H,6-14,19-20,23H2,1-5H3,(H,36,41)(H,37,42)/b22-21+/t26-,27+,28-,29+,30-,31-/m1/s1. The Morgan fingerprint density at radius 1 is 0.978 bits per heavy atom. The van der Waals surface area contributed by atoms with Crippen molar-refractivity contribution in [1.82, 2.24) is 10.6 Å². The summed E-state index contributed by atoms with van der Waals surface area (Å²) >= 11 is 0. The van der Waals surface area contributed by atoms with E-state index in [-0.39, 0.29) is 18.4 Å². The monoisotopic (exact) mass is 632 g/mol. The summed E-state index contributed by atoms with van der Waals surface area (Å²) in [6, 6.07) is 6.47. The minimum atomic E-state index is -1.76. The molecule has 45 heavy (non-hydrogen) atoms. The van der Waals surface area contributed by atoms with E-state index in [1.807, 2.05) is 32.9 Å². The van der Waals surface area contributed by atoms with Crippen LogP contribution in [0.5, 0.6) is 0 Å². The fourth-order valence-electron chi connectivity index (χ4n) is 5.19. The lowest BCUT2D eigenvalue weighted by Crippen LogP contribution is -2.55. The van der Waals surface area contributed by atoms with Gasteiger partial charge in [0.2, 0.25) is 5.91 Å². The topological polar surface area (TPSA) is 154 Å². The molecule has 1 aliphatic heterocycles. The second kappa shape index (κ2) is 19.7. The zero-order valence-electron chi connectivity index (χ0n) is 27.8. The molecule has 0 radical (unpaired) electrons. The van der Waals surface area contributed by atoms with Crippen molar-refractivity contribution in [3.63, 3.8) is 0 Å². The minimum absolute atomic E-state index is 0.0921. The maximum Gasteiger partial charge on any atom is 0.338 e. The molecule has 1 aromatic rings. The number of carbonyl (C=O) groups is 3. The van der Waals surface area contributed by atoms with Crippen molar-refractivity contribution in [3.05, 3.63) is 47.5 Å². The van der Waals surface area contributed by atoms with Gasteiger partial charge in [0, 0.05) is 7.11 Å². The van der Waals surface area contributed by atoms with E-state index in [0.29, 0.717) is 12.0 Å². The third-order valence-corrected chi connectivity index (χ3v) is 8.01. The number of rotatable bonds is 18. The van der Waals surface area contributed by atoms with Crippen LogP contribution in [0.15, 0.2) is 36.4 Å². The number of aliphatic hydroxyl groups excluding tert-OH is 3. The second-order valence-corrected chi connectivity index (χ2v) is 13.2. The lowest BCUT2D eigenvalue weighted by Gasteiger charge is -2.28. The van der Waals surface area contributed by atoms with Gasteiger partial charge in [-0.3, -0.25) is 9.59 Å². The highest BCUT2D eigenvalue weighted by Crippen LogP contribution is 2.18. The van der Waals surface area contributed by atoms with Gasteiger partial charge in [-0.15, -0.1) is 0 Å². The molecule has 2 amide bonds. The highest BCUT2D eigenvalue weighted by Gasteiger charge is 2.37. The number of benzene rings is 1. The van der Waals surface area contributed by atoms with Crippen molar-refractivity contribution in [2.24, 2.45) is 5.41 Å². The quantitative estimate of drug-likeness (QED) is 0.0925. The van der Waals surface area contributed by atoms with Crippen LogP contribution in [0.3, 0.4) is 0 Å². The van der Waals surface area contributed by atoms with Crippen LogP contribution in [0.4, 0.5) is 0 Å². The van der Waals surface area contributed by atoms with E-state index in [1.54, 1.807) is 18.2 Å². The van der Waals surface area contributed by atoms with E-state index >= 15 is 0 Å². The van der Waals surface area contributed by atoms with Crippen LogP contribution in [0.25, 0.3) is 0 Å². The molecular weight excluding hydrogens is 576 g/mol. The molecule has 1 aliphatic rings. The number of unbranched alkanes of at least 4 members (excludes halogenated alkanes) is 7. The fraction of sp³-hybridized carbons (Fsp3) is 0.686. The number of carbonyl (C=O) groups excluding carboxylic acids is 3. The summed E-state index contributed by atoms with van der Waals surface area (Å²) in [6.07, 6.45) is 7.58. The molecule has 10 nitrogen and oxygen atoms in total. The van der Waals surface area contributed by atoms with Gasteiger partial charge in [0.1, 0.15) is 30.5 Å². The van der Waals surface area contributed by atoms with E-state index in [9.17, 15) is 29.7 Å². The molecule has 10 heteroatoms. The van der Waals surface area contributed by atoms with Gasteiger partial charge in [-0.2, -0.15) is 0 Å². The average molecular weight is 633 g/mol. The molecule has 6 atom stereocenters. The lowest BCUT2D eigenvalue weighted by atomic mass is 9.94. The van der Waals surface area contributed by atoms with Crippen molar-refractivity contribution in [1.29, 1.82) is 0 Å². The van der Waals surface area contributed by atoms with E-state index in [1.165, 1.54) is 63.7 Å². The molecule has 2 rings (SSSR count). The number of hydrogen-bond acceptors (Lipinski definition) is 8. The van der Waals surface area contributed by atoms with Gasteiger partial charge in [-0.25, -0.2) is 4.79 Å². The Hall–Kier alpha value is -2.79. The summed E-state index contributed by atoms with van der Waals surface area (Å²) in [6.45, 7) is 8.04. The third kappa shape index (κ3) is 14.0. The molecule has 0 aliphatic carbocycles. The van der Waals surface area contributed by atoms with E-state index < -0.39 is 54.3 Å². The Morgan fingerprint density at radius 3 is 2.20 bits per heavy atom. The number of methoxy groups -OCH3 is 1. The largest absolute Gasteiger partial charge is 0.457 e. The van der Waals surface area contributed by atoms with Crippen LogP contribution < -0.4 is 10.6 Å². The SMILES string of the molecule is CCCCCCCCCCc1ccc(C(=O)O[C@@H]2CC[C@H](NC(=O)[C@H](OC)[C@H](O)[C@@H](O)[C@H](O)/C=C/C(C)(C)C)C(=O)NC2)cc1. The number of ether oxygens (including phenoxy) is 2. The molecule has 254 valence electrons. The summed E-state index contributed by atoms with van der Waals surface area (Å²) in [4.78, 5) is 38.5. The number of amides is 2. The first-order chi connectivity index (χ1) is 21.4. The number of aryl methyl sites for hydroxylation is 1. The number of hydrogen-bond donors (Lipinski definition) is 5. The van der Waals surface area contributed by atoms with Crippen LogP contribution in [-0.2, 0) is 25.5 Å². The second-order valence-electron chi connectivity index (χ2n) is 13.2. The van der Waals surface area contributed by atoms with Gasteiger partial charge >= 0.3 is 5.97 Å². The molecule has 0 saturated carbocycles. The van der Waals surface area contributed by atoms with E-state index in [4.69, 9.17) is 9.47 Å². The number of aliphatic hydroxyl groups is 3. The molecule has 1 fully saturated rings. The van der Waals surface area contributed by atoms with E-state index in [2.05, 4.69) is 17.6 Å². The van der Waals surface area contributed by atoms with E-state index in [0.717, 1.165) is 12.8 Å². The zero-order chi connectivity index (χ0) is 33.4. The smallest absolute Gasteiger partial charge is 0.338 e. The van der Waals surface area contributed by atoms with Crippen molar-refractivity contribution < 1.29 is 39.2 Å². The molecule has 0 spiro atoms. The third-order valence-electron chi connectivity index (χ3n) is 8.01. The normalized spacial score (nSPS) is 20.1. The highest BCUT2D eigenvalue weighted by atomic mass is 16.5. The molecule has 1 aromatic carbocycles. The van der Waals surface area contributed by atoms with Crippen LogP contribution in [0, 0.1) is 5.41 Å². The minimum Gasteiger partial charge on any atom is -0.457 e. The Bertz CT molecular complexity index is 1070. The molecule has 0 unspecified atom stereocenters. The Balaban J connectivity index is 1.83. The predicted octanol–water partition coefficient (Wildman–Crippen LogP) is 3.99. The van der Waals surface area contributed by atoms with Gasteiger partial charge in [-0.05, 0) is 48.8 Å². The number of nitrogens with one attached hydrogen (secondary N) is 2. The highest BCUT2D eigenvalue weighted by molar-refractivity contribution is 5.91. The fourth-order valence-corrected chi connectivity index (χ4v) is 5.19. The molecule has 1 saturated heterocycles. The molecule has 0 aromatic heterocycles. The first-order valence-electron chi connectivity index (χ1n) is 16.5. The summed E-state index contributed by atoms with van der Waals surface area (Å²) in [5.41, 5.74) is 1.35. The molecule has 0 bridgehead atoms. The average Bonchev–Trinajstić information content (AvgIpc) is 3.17. The zero-order valence-corrected chi connectivity index (χ0v) is 27.8.